The third-order valence-electron chi connectivity index (χ3n) is 5.47. The Morgan fingerprint density at radius 2 is 2.00 bits per heavy atom. The molecule has 0 spiro atoms. The highest BCUT2D eigenvalue weighted by atomic mass is 19.2. The Balaban J connectivity index is 1.62. The molecule has 1 aromatic heterocycles. The van der Waals surface area contributed by atoms with Gasteiger partial charge in [-0.3, -0.25) is 14.4 Å². The summed E-state index contributed by atoms with van der Waals surface area (Å²) in [6, 6.07) is 8.07. The van der Waals surface area contributed by atoms with Crippen LogP contribution < -0.4 is 20.8 Å². The maximum atomic E-state index is 14.2. The fourth-order valence-corrected chi connectivity index (χ4v) is 3.69. The van der Waals surface area contributed by atoms with Crippen LogP contribution >= 0.6 is 0 Å². The largest absolute Gasteiger partial charge is 0.486 e. The summed E-state index contributed by atoms with van der Waals surface area (Å²) >= 11 is 0. The minimum Gasteiger partial charge on any atom is -0.486 e. The first-order valence-corrected chi connectivity index (χ1v) is 10.2. The van der Waals surface area contributed by atoms with E-state index in [0.717, 1.165) is 11.6 Å². The first kappa shape index (κ1) is 22.4. The van der Waals surface area contributed by atoms with E-state index in [-0.39, 0.29) is 41.4 Å². The third kappa shape index (κ3) is 4.17. The Kier molecular flexibility index (Phi) is 6.10. The van der Waals surface area contributed by atoms with Crippen LogP contribution in [0.2, 0.25) is 0 Å². The number of hydrogen-bond acceptors (Lipinski definition) is 5. The van der Waals surface area contributed by atoms with Crippen LogP contribution in [0, 0.1) is 11.6 Å². The molecule has 1 aliphatic rings. The molecule has 2 atom stereocenters. The third-order valence-corrected chi connectivity index (χ3v) is 5.47. The van der Waals surface area contributed by atoms with E-state index in [2.05, 4.69) is 10.6 Å². The molecule has 3 aromatic rings. The maximum Gasteiger partial charge on any atom is 0.257 e. The van der Waals surface area contributed by atoms with Gasteiger partial charge in [0.25, 0.3) is 5.91 Å². The number of rotatable bonds is 6. The van der Waals surface area contributed by atoms with Crippen molar-refractivity contribution in [2.24, 2.45) is 0 Å². The molecular weight excluding hydrogens is 436 g/mol. The molecule has 2 aromatic carbocycles. The van der Waals surface area contributed by atoms with Crippen molar-refractivity contribution in [2.45, 2.75) is 25.6 Å². The van der Waals surface area contributed by atoms with Crippen molar-refractivity contribution in [1.82, 2.24) is 15.2 Å². The van der Waals surface area contributed by atoms with Crippen molar-refractivity contribution in [3.05, 3.63) is 75.6 Å². The Labute approximate surface area is 186 Å². The molecule has 172 valence electrons. The summed E-state index contributed by atoms with van der Waals surface area (Å²) in [7, 11) is 0. The molecule has 10 heteroatoms. The monoisotopic (exact) mass is 457 g/mol. The Bertz CT molecular complexity index is 1290. The number of nitrogens with one attached hydrogen (secondary N) is 2. The average molecular weight is 457 g/mol. The highest BCUT2D eigenvalue weighted by Gasteiger charge is 2.29. The standard InChI is InChI=1S/C23H21F2N3O5/c1-12-11-33-21-18(25)16(24)7-14-19(21)28(12)9-15(20(14)30)22(31)27-17(10-29)23(32)26-8-13-5-3-2-4-6-13/h2-7,9,12,17,29H,8,10-11H2,1H3,(H,26,32)(H,27,31)/t12?,17-/m0/s1. The molecule has 0 saturated heterocycles. The van der Waals surface area contributed by atoms with E-state index in [1.165, 1.54) is 10.8 Å². The molecule has 1 aliphatic heterocycles. The van der Waals surface area contributed by atoms with Crippen molar-refractivity contribution >= 4 is 22.7 Å². The van der Waals surface area contributed by atoms with Gasteiger partial charge in [0.05, 0.1) is 23.6 Å². The molecule has 0 radical (unpaired) electrons. The number of aliphatic hydroxyl groups is 1. The Morgan fingerprint density at radius 3 is 2.70 bits per heavy atom. The molecule has 8 nitrogen and oxygen atoms in total. The highest BCUT2D eigenvalue weighted by molar-refractivity contribution is 6.00. The number of aromatic nitrogens is 1. The van der Waals surface area contributed by atoms with Crippen LogP contribution in [0.25, 0.3) is 10.9 Å². The van der Waals surface area contributed by atoms with Gasteiger partial charge < -0.3 is 25.0 Å². The fourth-order valence-electron chi connectivity index (χ4n) is 3.69. The van der Waals surface area contributed by atoms with Crippen molar-refractivity contribution in [1.29, 1.82) is 0 Å². The summed E-state index contributed by atoms with van der Waals surface area (Å²) in [4.78, 5) is 38.3. The zero-order valence-electron chi connectivity index (χ0n) is 17.6. The van der Waals surface area contributed by atoms with Crippen molar-refractivity contribution in [2.75, 3.05) is 13.2 Å². The zero-order valence-corrected chi connectivity index (χ0v) is 17.6. The molecule has 0 aliphatic carbocycles. The number of nitrogens with zero attached hydrogens (tertiary/aromatic N) is 1. The zero-order chi connectivity index (χ0) is 23.7. The quantitative estimate of drug-likeness (QED) is 0.522. The van der Waals surface area contributed by atoms with Gasteiger partial charge in [-0.05, 0) is 18.6 Å². The lowest BCUT2D eigenvalue weighted by Crippen LogP contribution is -2.49. The van der Waals surface area contributed by atoms with Crippen LogP contribution in [-0.4, -0.2) is 40.7 Å². The number of benzene rings is 2. The van der Waals surface area contributed by atoms with E-state index in [0.29, 0.717) is 0 Å². The normalized spacial score (nSPS) is 15.6. The average Bonchev–Trinajstić information content (AvgIpc) is 2.82. The Morgan fingerprint density at radius 1 is 1.27 bits per heavy atom. The van der Waals surface area contributed by atoms with Gasteiger partial charge in [-0.15, -0.1) is 0 Å². The van der Waals surface area contributed by atoms with Gasteiger partial charge in [0.15, 0.2) is 11.6 Å². The second kappa shape index (κ2) is 8.99. The van der Waals surface area contributed by atoms with Gasteiger partial charge in [0, 0.05) is 12.7 Å². The van der Waals surface area contributed by atoms with Crippen LogP contribution in [0.5, 0.6) is 5.75 Å². The van der Waals surface area contributed by atoms with Crippen LogP contribution in [0.3, 0.4) is 0 Å². The summed E-state index contributed by atoms with van der Waals surface area (Å²) in [5, 5.41) is 14.3. The number of pyridine rings is 1. The molecule has 33 heavy (non-hydrogen) atoms. The lowest BCUT2D eigenvalue weighted by Gasteiger charge is -2.27. The molecule has 0 fully saturated rings. The topological polar surface area (TPSA) is 110 Å². The molecule has 3 N–H and O–H groups in total. The van der Waals surface area contributed by atoms with E-state index in [1.807, 2.05) is 6.07 Å². The molecule has 4 rings (SSSR count). The molecule has 2 heterocycles. The summed E-state index contributed by atoms with van der Waals surface area (Å²) in [5.74, 6) is -4.45. The summed E-state index contributed by atoms with van der Waals surface area (Å²) in [6.07, 6.45) is 1.23. The highest BCUT2D eigenvalue weighted by Crippen LogP contribution is 2.35. The number of amides is 2. The number of aliphatic hydroxyl groups excluding tert-OH is 1. The van der Waals surface area contributed by atoms with Crippen LogP contribution in [-0.2, 0) is 11.3 Å². The minimum atomic E-state index is -1.32. The predicted octanol–water partition coefficient (Wildman–Crippen LogP) is 1.64. The SMILES string of the molecule is CC1COc2c(F)c(F)cc3c(=O)c(C(=O)N[C@@H](CO)C(=O)NCc4ccccc4)cn1c23. The summed E-state index contributed by atoms with van der Waals surface area (Å²) in [6.45, 7) is 1.21. The van der Waals surface area contributed by atoms with Gasteiger partial charge in [0.2, 0.25) is 17.2 Å². The number of carbonyl (C=O) groups excluding carboxylic acids is 2. The first-order chi connectivity index (χ1) is 15.8. The minimum absolute atomic E-state index is 0.00750. The van der Waals surface area contributed by atoms with E-state index in [4.69, 9.17) is 4.74 Å². The smallest absolute Gasteiger partial charge is 0.257 e. The van der Waals surface area contributed by atoms with Crippen LogP contribution in [0.1, 0.15) is 28.9 Å². The molecule has 0 saturated carbocycles. The number of carbonyl (C=O) groups is 2. The van der Waals surface area contributed by atoms with E-state index in [1.54, 1.807) is 31.2 Å². The first-order valence-electron chi connectivity index (χ1n) is 10.2. The van der Waals surface area contributed by atoms with Crippen molar-refractivity contribution < 1.29 is 28.2 Å². The van der Waals surface area contributed by atoms with Crippen LogP contribution in [0.15, 0.2) is 47.4 Å². The van der Waals surface area contributed by atoms with Crippen molar-refractivity contribution in [3.8, 4) is 5.75 Å². The van der Waals surface area contributed by atoms with Gasteiger partial charge in [0.1, 0.15) is 18.2 Å². The van der Waals surface area contributed by atoms with Crippen LogP contribution in [0.4, 0.5) is 8.78 Å². The van der Waals surface area contributed by atoms with E-state index in [9.17, 15) is 28.3 Å². The predicted molar refractivity (Wildman–Crippen MR) is 115 cm³/mol. The van der Waals surface area contributed by atoms with Gasteiger partial charge >= 0.3 is 0 Å². The van der Waals surface area contributed by atoms with E-state index < -0.39 is 41.5 Å². The lowest BCUT2D eigenvalue weighted by atomic mass is 10.1. The maximum absolute atomic E-state index is 14.2. The summed E-state index contributed by atoms with van der Waals surface area (Å²) in [5.41, 5.74) is -0.351. The second-order valence-electron chi connectivity index (χ2n) is 7.75. The van der Waals surface area contributed by atoms with Gasteiger partial charge in [-0.2, -0.15) is 4.39 Å². The molecule has 2 amide bonds. The summed E-state index contributed by atoms with van der Waals surface area (Å²) < 4.78 is 35.0. The number of hydrogen-bond donors (Lipinski definition) is 3. The van der Waals surface area contributed by atoms with Gasteiger partial charge in [-0.25, -0.2) is 4.39 Å². The number of ether oxygens (including phenoxy) is 1. The fraction of sp³-hybridized carbons (Fsp3) is 0.261. The van der Waals surface area contributed by atoms with Crippen molar-refractivity contribution in [3.63, 3.8) is 0 Å². The van der Waals surface area contributed by atoms with E-state index >= 15 is 0 Å². The molecular formula is C23H21F2N3O5. The lowest BCUT2D eigenvalue weighted by molar-refractivity contribution is -0.124. The number of halogens is 2. The molecule has 1 unspecified atom stereocenters. The van der Waals surface area contributed by atoms with Gasteiger partial charge in [-0.1, -0.05) is 30.3 Å². The molecule has 0 bridgehead atoms. The second-order valence-corrected chi connectivity index (χ2v) is 7.75. The Hall–Kier alpha value is -3.79.